The number of hydrogen-bond donors (Lipinski definition) is 1. The first-order valence-electron chi connectivity index (χ1n) is 5.42. The molecule has 1 unspecified atom stereocenters. The quantitative estimate of drug-likeness (QED) is 0.875. The zero-order valence-electron chi connectivity index (χ0n) is 10.0. The zero-order valence-corrected chi connectivity index (χ0v) is 10.8. The van der Waals surface area contributed by atoms with Crippen LogP contribution in [0.15, 0.2) is 42.5 Å². The summed E-state index contributed by atoms with van der Waals surface area (Å²) in [5, 5.41) is 0. The van der Waals surface area contributed by atoms with Crippen molar-refractivity contribution in [1.29, 1.82) is 0 Å². The molecule has 0 aliphatic rings. The van der Waals surface area contributed by atoms with E-state index in [0.717, 1.165) is 28.1 Å². The molecule has 0 fully saturated rings. The molecule has 2 rings (SSSR count). The minimum atomic E-state index is -2.50. The van der Waals surface area contributed by atoms with E-state index in [-0.39, 0.29) is 5.69 Å². The van der Waals surface area contributed by atoms with E-state index in [1.807, 2.05) is 6.92 Å². The van der Waals surface area contributed by atoms with Crippen LogP contribution in [0.2, 0.25) is 0 Å². The summed E-state index contributed by atoms with van der Waals surface area (Å²) < 4.78 is 48.4. The van der Waals surface area contributed by atoms with Crippen molar-refractivity contribution in [2.75, 3.05) is 4.31 Å². The topological polar surface area (TPSA) is 40.5 Å². The van der Waals surface area contributed by atoms with E-state index < -0.39 is 22.9 Å². The first-order chi connectivity index (χ1) is 8.99. The monoisotopic (exact) mass is 283 g/mol. The van der Waals surface area contributed by atoms with Crippen molar-refractivity contribution in [1.82, 2.24) is 0 Å². The second-order valence-electron chi connectivity index (χ2n) is 3.96. The Balaban J connectivity index is 2.54. The van der Waals surface area contributed by atoms with Crippen molar-refractivity contribution in [3.8, 4) is 0 Å². The molecular weight excluding hydrogens is 272 g/mol. The molecule has 3 nitrogen and oxygen atoms in total. The van der Waals surface area contributed by atoms with Crippen molar-refractivity contribution in [3.05, 3.63) is 59.7 Å². The molecule has 0 aliphatic heterocycles. The molecule has 6 heteroatoms. The Hall–Kier alpha value is -1.79. The predicted molar refractivity (Wildman–Crippen MR) is 70.4 cm³/mol. The molecule has 2 aromatic rings. The van der Waals surface area contributed by atoms with Gasteiger partial charge in [0.2, 0.25) is 0 Å². The second kappa shape index (κ2) is 5.46. The van der Waals surface area contributed by atoms with Gasteiger partial charge < -0.3 is 0 Å². The SMILES string of the molecule is Cc1ccc(N(c2cc(F)ccc2F)S(=O)O)cc1. The predicted octanol–water partition coefficient (Wildman–Crippen LogP) is 3.55. The molecule has 0 bridgehead atoms. The van der Waals surface area contributed by atoms with Gasteiger partial charge >= 0.3 is 0 Å². The fourth-order valence-corrected chi connectivity index (χ4v) is 2.25. The maximum atomic E-state index is 13.7. The summed E-state index contributed by atoms with van der Waals surface area (Å²) in [6, 6.07) is 9.30. The Bertz CT molecular complexity index is 617. The van der Waals surface area contributed by atoms with Crippen LogP contribution in [0.1, 0.15) is 5.56 Å². The van der Waals surface area contributed by atoms with Gasteiger partial charge in [0.05, 0.1) is 11.4 Å². The average molecular weight is 283 g/mol. The number of anilines is 2. The summed E-state index contributed by atoms with van der Waals surface area (Å²) in [6.45, 7) is 1.85. The molecular formula is C13H11F2NO2S. The molecule has 0 heterocycles. The number of aryl methyl sites for hydroxylation is 1. The van der Waals surface area contributed by atoms with Crippen LogP contribution >= 0.6 is 0 Å². The van der Waals surface area contributed by atoms with E-state index >= 15 is 0 Å². The molecule has 0 saturated carbocycles. The van der Waals surface area contributed by atoms with E-state index in [2.05, 4.69) is 0 Å². The summed E-state index contributed by atoms with van der Waals surface area (Å²) in [4.78, 5) is 0. The molecule has 19 heavy (non-hydrogen) atoms. The van der Waals surface area contributed by atoms with Gasteiger partial charge in [-0.1, -0.05) is 17.7 Å². The van der Waals surface area contributed by atoms with Gasteiger partial charge in [-0.05, 0) is 31.2 Å². The third-order valence-corrected chi connectivity index (χ3v) is 3.27. The van der Waals surface area contributed by atoms with Gasteiger partial charge in [-0.2, -0.15) is 0 Å². The van der Waals surface area contributed by atoms with Crippen molar-refractivity contribution in [2.24, 2.45) is 0 Å². The molecule has 0 radical (unpaired) electrons. The first kappa shape index (κ1) is 13.6. The molecule has 0 saturated heterocycles. The minimum Gasteiger partial charge on any atom is -0.289 e. The van der Waals surface area contributed by atoms with Crippen molar-refractivity contribution >= 4 is 22.6 Å². The fraction of sp³-hybridized carbons (Fsp3) is 0.0769. The molecule has 1 atom stereocenters. The maximum absolute atomic E-state index is 13.7. The van der Waals surface area contributed by atoms with Crippen LogP contribution in [0.25, 0.3) is 0 Å². The van der Waals surface area contributed by atoms with E-state index in [1.165, 1.54) is 0 Å². The number of rotatable bonds is 3. The number of benzene rings is 2. The highest BCUT2D eigenvalue weighted by atomic mass is 32.2. The van der Waals surface area contributed by atoms with E-state index in [0.29, 0.717) is 5.69 Å². The van der Waals surface area contributed by atoms with Crippen LogP contribution in [0, 0.1) is 18.6 Å². The summed E-state index contributed by atoms with van der Waals surface area (Å²) in [7, 11) is 0. The lowest BCUT2D eigenvalue weighted by atomic mass is 10.2. The molecule has 2 aromatic carbocycles. The highest BCUT2D eigenvalue weighted by Gasteiger charge is 2.19. The zero-order chi connectivity index (χ0) is 14.0. The third kappa shape index (κ3) is 2.97. The fourth-order valence-electron chi connectivity index (χ4n) is 1.64. The average Bonchev–Trinajstić information content (AvgIpc) is 2.36. The Morgan fingerprint density at radius 1 is 1.11 bits per heavy atom. The summed E-state index contributed by atoms with van der Waals surface area (Å²) in [5.74, 6) is -1.46. The number of halogens is 2. The van der Waals surface area contributed by atoms with Gasteiger partial charge in [-0.15, -0.1) is 0 Å². The lowest BCUT2D eigenvalue weighted by Gasteiger charge is -2.20. The van der Waals surface area contributed by atoms with Crippen molar-refractivity contribution in [3.63, 3.8) is 0 Å². The van der Waals surface area contributed by atoms with Gasteiger partial charge in [0.1, 0.15) is 11.6 Å². The highest BCUT2D eigenvalue weighted by Crippen LogP contribution is 2.29. The van der Waals surface area contributed by atoms with Crippen LogP contribution in [0.3, 0.4) is 0 Å². The Labute approximate surface area is 111 Å². The van der Waals surface area contributed by atoms with Gasteiger partial charge in [-0.25, -0.2) is 17.3 Å². The number of nitrogens with zero attached hydrogens (tertiary/aromatic N) is 1. The normalized spacial score (nSPS) is 12.2. The third-order valence-electron chi connectivity index (χ3n) is 2.55. The van der Waals surface area contributed by atoms with Gasteiger partial charge in [0, 0.05) is 6.07 Å². The molecule has 0 spiro atoms. The first-order valence-corrected chi connectivity index (χ1v) is 6.48. The van der Waals surface area contributed by atoms with Crippen molar-refractivity contribution < 1.29 is 17.5 Å². The lowest BCUT2D eigenvalue weighted by molar-refractivity contribution is 0.561. The van der Waals surface area contributed by atoms with Crippen LogP contribution in [-0.2, 0) is 11.3 Å². The summed E-state index contributed by atoms with van der Waals surface area (Å²) in [5.41, 5.74) is 0.966. The van der Waals surface area contributed by atoms with Gasteiger partial charge in [0.15, 0.2) is 0 Å². The number of hydrogen-bond acceptors (Lipinski definition) is 1. The van der Waals surface area contributed by atoms with Crippen LogP contribution in [0.4, 0.5) is 20.2 Å². The van der Waals surface area contributed by atoms with Crippen LogP contribution in [0.5, 0.6) is 0 Å². The van der Waals surface area contributed by atoms with Crippen molar-refractivity contribution in [2.45, 2.75) is 6.92 Å². The molecule has 100 valence electrons. The Kier molecular flexibility index (Phi) is 3.92. The standard InChI is InChI=1S/C13H11F2NO2S/c1-9-2-5-11(6-3-9)16(19(17)18)13-8-10(14)4-7-12(13)15/h2-8H,1H3,(H,17,18). The molecule has 0 aliphatic carbocycles. The highest BCUT2D eigenvalue weighted by molar-refractivity contribution is 7.81. The van der Waals surface area contributed by atoms with E-state index in [1.54, 1.807) is 24.3 Å². The second-order valence-corrected chi connectivity index (χ2v) is 4.78. The maximum Gasteiger partial charge on any atom is 0.266 e. The largest absolute Gasteiger partial charge is 0.289 e. The molecule has 1 N–H and O–H groups in total. The van der Waals surface area contributed by atoms with Crippen LogP contribution < -0.4 is 4.31 Å². The van der Waals surface area contributed by atoms with Gasteiger partial charge in [0.25, 0.3) is 11.3 Å². The van der Waals surface area contributed by atoms with Gasteiger partial charge in [-0.3, -0.25) is 4.55 Å². The lowest BCUT2D eigenvalue weighted by Crippen LogP contribution is -2.20. The summed E-state index contributed by atoms with van der Waals surface area (Å²) in [6.07, 6.45) is 0. The molecule has 0 amide bonds. The minimum absolute atomic E-state index is 0.287. The Morgan fingerprint density at radius 2 is 1.74 bits per heavy atom. The van der Waals surface area contributed by atoms with Crippen LogP contribution in [-0.4, -0.2) is 8.76 Å². The van der Waals surface area contributed by atoms with E-state index in [9.17, 15) is 17.5 Å². The molecule has 0 aromatic heterocycles. The van der Waals surface area contributed by atoms with E-state index in [4.69, 9.17) is 0 Å². The Morgan fingerprint density at radius 3 is 2.32 bits per heavy atom. The smallest absolute Gasteiger partial charge is 0.266 e. The summed E-state index contributed by atoms with van der Waals surface area (Å²) >= 11 is -2.50.